The average Bonchev–Trinajstić information content (AvgIpc) is 2.68. The average molecular weight is 442 g/mol. The Morgan fingerprint density at radius 1 is 1.31 bits per heavy atom. The molecule has 7 nitrogen and oxygen atoms in total. The van der Waals surface area contributed by atoms with E-state index in [1.807, 2.05) is 11.8 Å². The second-order valence-electron chi connectivity index (χ2n) is 6.93. The SMILES string of the molecule is Cc1ccnc(-c2cc(Cl)c(F)c(C(=O)NNS(=O)(=O)CC3CCOCC3)c2)c1. The molecule has 2 aromatic rings. The highest BCUT2D eigenvalue weighted by Gasteiger charge is 2.23. The highest BCUT2D eigenvalue weighted by Crippen LogP contribution is 2.27. The summed E-state index contributed by atoms with van der Waals surface area (Å²) in [6, 6.07) is 6.22. The lowest BCUT2D eigenvalue weighted by molar-refractivity contribution is 0.0722. The first-order valence-electron chi connectivity index (χ1n) is 9.05. The number of benzene rings is 1. The van der Waals surface area contributed by atoms with Crippen molar-refractivity contribution in [2.24, 2.45) is 5.92 Å². The number of sulfonamides is 1. The van der Waals surface area contributed by atoms with E-state index in [0.717, 1.165) is 5.56 Å². The minimum absolute atomic E-state index is 0.0555. The van der Waals surface area contributed by atoms with E-state index in [2.05, 4.69) is 10.4 Å². The molecule has 1 saturated heterocycles. The molecule has 0 saturated carbocycles. The van der Waals surface area contributed by atoms with Gasteiger partial charge in [0.25, 0.3) is 5.91 Å². The molecule has 0 radical (unpaired) electrons. The van der Waals surface area contributed by atoms with Crippen LogP contribution in [0.2, 0.25) is 5.02 Å². The van der Waals surface area contributed by atoms with Gasteiger partial charge in [0.05, 0.1) is 22.0 Å². The molecule has 10 heteroatoms. The van der Waals surface area contributed by atoms with Crippen LogP contribution in [0.1, 0.15) is 28.8 Å². The number of carbonyl (C=O) groups is 1. The molecule has 2 N–H and O–H groups in total. The van der Waals surface area contributed by atoms with Crippen LogP contribution in [0.5, 0.6) is 0 Å². The molecule has 1 amide bonds. The van der Waals surface area contributed by atoms with Gasteiger partial charge in [-0.2, -0.15) is 0 Å². The van der Waals surface area contributed by atoms with Crippen LogP contribution in [-0.2, 0) is 14.8 Å². The van der Waals surface area contributed by atoms with Crippen molar-refractivity contribution >= 4 is 27.5 Å². The van der Waals surface area contributed by atoms with Gasteiger partial charge in [-0.05, 0) is 55.5 Å². The lowest BCUT2D eigenvalue weighted by Gasteiger charge is -2.21. The minimum Gasteiger partial charge on any atom is -0.381 e. The zero-order chi connectivity index (χ0) is 21.0. The van der Waals surface area contributed by atoms with Crippen LogP contribution in [0.3, 0.4) is 0 Å². The highest BCUT2D eigenvalue weighted by atomic mass is 35.5. The first kappa shape index (κ1) is 21.6. The number of pyridine rings is 1. The number of aryl methyl sites for hydroxylation is 1. The van der Waals surface area contributed by atoms with Crippen LogP contribution in [0, 0.1) is 18.7 Å². The van der Waals surface area contributed by atoms with Gasteiger partial charge in [-0.3, -0.25) is 15.2 Å². The maximum atomic E-state index is 14.4. The molecule has 2 heterocycles. The number of hydrogen-bond acceptors (Lipinski definition) is 5. The van der Waals surface area contributed by atoms with Gasteiger partial charge in [-0.15, -0.1) is 4.83 Å². The van der Waals surface area contributed by atoms with Crippen LogP contribution < -0.4 is 10.3 Å². The van der Waals surface area contributed by atoms with E-state index in [-0.39, 0.29) is 22.3 Å². The van der Waals surface area contributed by atoms with Crippen molar-refractivity contribution in [1.29, 1.82) is 0 Å². The van der Waals surface area contributed by atoms with E-state index in [4.69, 9.17) is 16.3 Å². The summed E-state index contributed by atoms with van der Waals surface area (Å²) < 4.78 is 44.1. The number of nitrogens with one attached hydrogen (secondary N) is 2. The van der Waals surface area contributed by atoms with Crippen LogP contribution in [0.4, 0.5) is 4.39 Å². The molecule has 156 valence electrons. The van der Waals surface area contributed by atoms with E-state index in [1.165, 1.54) is 12.1 Å². The van der Waals surface area contributed by atoms with Gasteiger partial charge < -0.3 is 4.74 Å². The Bertz CT molecular complexity index is 1010. The Morgan fingerprint density at radius 2 is 2.03 bits per heavy atom. The van der Waals surface area contributed by atoms with Gasteiger partial charge in [-0.25, -0.2) is 12.8 Å². The number of hydrazine groups is 1. The summed E-state index contributed by atoms with van der Waals surface area (Å²) in [6.45, 7) is 2.89. The second-order valence-corrected chi connectivity index (χ2v) is 9.11. The molecule has 1 fully saturated rings. The maximum Gasteiger partial charge on any atom is 0.269 e. The predicted octanol–water partition coefficient (Wildman–Crippen LogP) is 2.84. The van der Waals surface area contributed by atoms with Crippen LogP contribution in [-0.4, -0.2) is 38.3 Å². The van der Waals surface area contributed by atoms with Gasteiger partial charge in [0.15, 0.2) is 5.82 Å². The molecule has 1 aliphatic rings. The number of hydrogen-bond donors (Lipinski definition) is 2. The van der Waals surface area contributed by atoms with Gasteiger partial charge >= 0.3 is 0 Å². The quantitative estimate of drug-likeness (QED) is 0.672. The molecule has 0 spiro atoms. The van der Waals surface area contributed by atoms with Gasteiger partial charge in [-0.1, -0.05) is 11.6 Å². The Kier molecular flexibility index (Phi) is 6.84. The van der Waals surface area contributed by atoms with Gasteiger partial charge in [0.2, 0.25) is 10.0 Å². The molecule has 0 bridgehead atoms. The molecule has 3 rings (SSSR count). The monoisotopic (exact) mass is 441 g/mol. The number of amides is 1. The first-order valence-corrected chi connectivity index (χ1v) is 11.1. The standard InChI is InChI=1S/C19H21ClFN3O4S/c1-12-2-5-22-17(8-12)14-9-15(18(21)16(20)10-14)19(25)23-24-29(26,27)11-13-3-6-28-7-4-13/h2,5,8-10,13,24H,3-4,6-7,11H2,1H3,(H,23,25). The number of aromatic nitrogens is 1. The number of ether oxygens (including phenoxy) is 1. The summed E-state index contributed by atoms with van der Waals surface area (Å²) in [7, 11) is -3.78. The Hall–Kier alpha value is -2.07. The molecule has 0 atom stereocenters. The number of rotatable bonds is 6. The molecule has 1 aromatic heterocycles. The third-order valence-corrected chi connectivity index (χ3v) is 6.20. The zero-order valence-corrected chi connectivity index (χ0v) is 17.3. The maximum absolute atomic E-state index is 14.4. The Labute approximate surface area is 173 Å². The van der Waals surface area contributed by atoms with E-state index in [1.54, 1.807) is 18.3 Å². The van der Waals surface area contributed by atoms with Crippen molar-refractivity contribution in [2.75, 3.05) is 19.0 Å². The number of carbonyl (C=O) groups excluding carboxylic acids is 1. The summed E-state index contributed by atoms with van der Waals surface area (Å²) in [5, 5.41) is -0.263. The summed E-state index contributed by atoms with van der Waals surface area (Å²) in [4.78, 5) is 18.7. The summed E-state index contributed by atoms with van der Waals surface area (Å²) >= 11 is 5.94. The fraction of sp³-hybridized carbons (Fsp3) is 0.368. The van der Waals surface area contributed by atoms with Crippen molar-refractivity contribution in [2.45, 2.75) is 19.8 Å². The van der Waals surface area contributed by atoms with Gasteiger partial charge in [0.1, 0.15) is 0 Å². The third kappa shape index (κ3) is 5.72. The van der Waals surface area contributed by atoms with Crippen LogP contribution >= 0.6 is 11.6 Å². The minimum atomic E-state index is -3.78. The molecular weight excluding hydrogens is 421 g/mol. The number of halogens is 2. The topological polar surface area (TPSA) is 97.4 Å². The Morgan fingerprint density at radius 3 is 2.72 bits per heavy atom. The molecule has 0 aliphatic carbocycles. The Balaban J connectivity index is 1.74. The number of nitrogens with zero attached hydrogens (tertiary/aromatic N) is 1. The third-order valence-electron chi connectivity index (χ3n) is 4.60. The summed E-state index contributed by atoms with van der Waals surface area (Å²) in [5.74, 6) is -2.09. The smallest absolute Gasteiger partial charge is 0.269 e. The van der Waals surface area contributed by atoms with Crippen molar-refractivity contribution in [3.8, 4) is 11.3 Å². The van der Waals surface area contributed by atoms with Crippen LogP contribution in [0.15, 0.2) is 30.5 Å². The second kappa shape index (κ2) is 9.17. The van der Waals surface area contributed by atoms with E-state index >= 15 is 0 Å². The summed E-state index contributed by atoms with van der Waals surface area (Å²) in [5.41, 5.74) is 3.56. The largest absolute Gasteiger partial charge is 0.381 e. The molecular formula is C19H21ClFN3O4S. The first-order chi connectivity index (χ1) is 13.7. The fourth-order valence-electron chi connectivity index (χ4n) is 3.05. The van der Waals surface area contributed by atoms with Crippen molar-refractivity contribution in [1.82, 2.24) is 15.2 Å². The van der Waals surface area contributed by atoms with E-state index in [9.17, 15) is 17.6 Å². The molecule has 29 heavy (non-hydrogen) atoms. The summed E-state index contributed by atoms with van der Waals surface area (Å²) in [6.07, 6.45) is 2.85. The lowest BCUT2D eigenvalue weighted by Crippen LogP contribution is -2.44. The molecule has 1 aliphatic heterocycles. The normalized spacial score (nSPS) is 15.3. The van der Waals surface area contributed by atoms with E-state index in [0.29, 0.717) is 37.3 Å². The van der Waals surface area contributed by atoms with Crippen molar-refractivity contribution < 1.29 is 22.3 Å². The van der Waals surface area contributed by atoms with Crippen molar-refractivity contribution in [3.63, 3.8) is 0 Å². The molecule has 1 aromatic carbocycles. The zero-order valence-electron chi connectivity index (χ0n) is 15.7. The van der Waals surface area contributed by atoms with Gasteiger partial charge in [0, 0.05) is 25.0 Å². The van der Waals surface area contributed by atoms with Crippen molar-refractivity contribution in [3.05, 3.63) is 52.4 Å². The van der Waals surface area contributed by atoms with E-state index < -0.39 is 21.7 Å². The highest BCUT2D eigenvalue weighted by molar-refractivity contribution is 7.89. The fourth-order valence-corrected chi connectivity index (χ4v) is 4.56. The molecule has 0 unspecified atom stereocenters. The predicted molar refractivity (Wildman–Crippen MR) is 107 cm³/mol. The van der Waals surface area contributed by atoms with Crippen LogP contribution in [0.25, 0.3) is 11.3 Å². The lowest BCUT2D eigenvalue weighted by atomic mass is 10.0.